The molecule has 1 aromatic carbocycles. The molecule has 2 atom stereocenters. The number of piperazine rings is 1. The van der Waals surface area contributed by atoms with Gasteiger partial charge in [-0.25, -0.2) is 0 Å². The van der Waals surface area contributed by atoms with E-state index in [1.54, 1.807) is 39.1 Å². The van der Waals surface area contributed by atoms with Gasteiger partial charge < -0.3 is 9.80 Å². The monoisotopic (exact) mass is 443 g/mol. The molecule has 1 saturated heterocycles. The van der Waals surface area contributed by atoms with Crippen molar-refractivity contribution in [3.05, 3.63) is 85.5 Å². The van der Waals surface area contributed by atoms with Gasteiger partial charge in [-0.3, -0.25) is 19.3 Å². The van der Waals surface area contributed by atoms with Crippen molar-refractivity contribution in [1.82, 2.24) is 24.6 Å². The van der Waals surface area contributed by atoms with E-state index in [0.29, 0.717) is 32.6 Å². The molecule has 7 heteroatoms. The summed E-state index contributed by atoms with van der Waals surface area (Å²) in [6.45, 7) is 7.67. The number of rotatable bonds is 8. The van der Waals surface area contributed by atoms with Gasteiger partial charge in [0.05, 0.1) is 12.5 Å². The normalized spacial score (nSPS) is 17.1. The van der Waals surface area contributed by atoms with Crippen LogP contribution in [0.2, 0.25) is 0 Å². The number of carbonyl (C=O) groups excluding carboxylic acids is 2. The van der Waals surface area contributed by atoms with E-state index in [1.807, 2.05) is 55.6 Å². The summed E-state index contributed by atoms with van der Waals surface area (Å²) in [6, 6.07) is 13.4. The number of carbonyl (C=O) groups is 2. The molecule has 0 aliphatic carbocycles. The van der Waals surface area contributed by atoms with Crippen LogP contribution in [0, 0.1) is 5.92 Å². The third-order valence-electron chi connectivity index (χ3n) is 6.05. The van der Waals surface area contributed by atoms with Crippen LogP contribution in [-0.4, -0.2) is 62.1 Å². The molecule has 0 radical (unpaired) electrons. The van der Waals surface area contributed by atoms with Crippen LogP contribution in [0.4, 0.5) is 0 Å². The van der Waals surface area contributed by atoms with E-state index in [1.165, 1.54) is 0 Å². The first kappa shape index (κ1) is 22.5. The van der Waals surface area contributed by atoms with Gasteiger partial charge in [0, 0.05) is 50.8 Å². The summed E-state index contributed by atoms with van der Waals surface area (Å²) in [5, 5.41) is 4.21. The number of amides is 2. The van der Waals surface area contributed by atoms with Crippen LogP contribution < -0.4 is 0 Å². The van der Waals surface area contributed by atoms with E-state index in [0.717, 1.165) is 16.7 Å². The largest absolute Gasteiger partial charge is 0.335 e. The van der Waals surface area contributed by atoms with Crippen molar-refractivity contribution in [1.29, 1.82) is 0 Å². The number of benzene rings is 1. The van der Waals surface area contributed by atoms with E-state index < -0.39 is 6.04 Å². The molecular formula is C26H29N5O2. The Morgan fingerprint density at radius 1 is 1.12 bits per heavy atom. The molecule has 33 heavy (non-hydrogen) atoms. The Bertz CT molecular complexity index is 1080. The number of aromatic nitrogens is 3. The molecule has 1 aliphatic rings. The maximum absolute atomic E-state index is 13.4. The summed E-state index contributed by atoms with van der Waals surface area (Å²) in [7, 11) is 0. The zero-order valence-corrected chi connectivity index (χ0v) is 18.9. The average Bonchev–Trinajstić information content (AvgIpc) is 3.35. The minimum atomic E-state index is -0.530. The van der Waals surface area contributed by atoms with E-state index in [-0.39, 0.29) is 17.7 Å². The summed E-state index contributed by atoms with van der Waals surface area (Å²) < 4.78 is 1.76. The molecule has 1 fully saturated rings. The van der Waals surface area contributed by atoms with Crippen LogP contribution >= 0.6 is 0 Å². The molecule has 3 aromatic rings. The molecule has 0 unspecified atom stereocenters. The van der Waals surface area contributed by atoms with Gasteiger partial charge in [0.1, 0.15) is 6.04 Å². The minimum Gasteiger partial charge on any atom is -0.335 e. The van der Waals surface area contributed by atoms with Crippen molar-refractivity contribution in [2.75, 3.05) is 19.6 Å². The lowest BCUT2D eigenvalue weighted by atomic mass is 9.97. The van der Waals surface area contributed by atoms with Crippen LogP contribution in [-0.2, 0) is 22.6 Å². The Hall–Kier alpha value is -3.74. The van der Waals surface area contributed by atoms with E-state index >= 15 is 0 Å². The molecule has 7 nitrogen and oxygen atoms in total. The van der Waals surface area contributed by atoms with Crippen LogP contribution in [0.5, 0.6) is 0 Å². The fraction of sp³-hybridized carbons (Fsp3) is 0.308. The maximum atomic E-state index is 13.4. The first-order valence-electron chi connectivity index (χ1n) is 11.2. The third kappa shape index (κ3) is 5.19. The highest BCUT2D eigenvalue weighted by Crippen LogP contribution is 2.23. The molecule has 170 valence electrons. The second-order valence-corrected chi connectivity index (χ2v) is 8.39. The molecule has 0 bridgehead atoms. The standard InChI is InChI=1S/C26H29N5O2/c1-3-14-29-16-17-31(25(32)20(2)19-30-15-4-11-28-30)24(26(29)33)18-21-5-7-22(8-6-21)23-9-12-27-13-10-23/h3-13,15,20,24H,1,14,16-19H2,2H3/t20-,24-/m1/s1. The van der Waals surface area contributed by atoms with Gasteiger partial charge in [-0.05, 0) is 34.9 Å². The highest BCUT2D eigenvalue weighted by atomic mass is 16.2. The lowest BCUT2D eigenvalue weighted by molar-refractivity contribution is -0.153. The summed E-state index contributed by atoms with van der Waals surface area (Å²) in [5.74, 6) is -0.324. The first-order valence-corrected chi connectivity index (χ1v) is 11.2. The second-order valence-electron chi connectivity index (χ2n) is 8.39. The van der Waals surface area contributed by atoms with Crippen molar-refractivity contribution >= 4 is 11.8 Å². The Balaban J connectivity index is 1.53. The second kappa shape index (κ2) is 10.3. The summed E-state index contributed by atoms with van der Waals surface area (Å²) in [4.78, 5) is 34.3. The van der Waals surface area contributed by atoms with Gasteiger partial charge in [-0.2, -0.15) is 5.10 Å². The maximum Gasteiger partial charge on any atom is 0.246 e. The van der Waals surface area contributed by atoms with E-state index in [9.17, 15) is 9.59 Å². The smallest absolute Gasteiger partial charge is 0.246 e. The number of hydrogen-bond acceptors (Lipinski definition) is 4. The summed E-state index contributed by atoms with van der Waals surface area (Å²) in [6.07, 6.45) is 9.30. The minimum absolute atomic E-state index is 0.0180. The van der Waals surface area contributed by atoms with Gasteiger partial charge in [0.2, 0.25) is 11.8 Å². The predicted molar refractivity (Wildman–Crippen MR) is 127 cm³/mol. The van der Waals surface area contributed by atoms with Crippen molar-refractivity contribution in [3.63, 3.8) is 0 Å². The Morgan fingerprint density at radius 3 is 2.52 bits per heavy atom. The molecule has 3 heterocycles. The van der Waals surface area contributed by atoms with Crippen LogP contribution in [0.25, 0.3) is 11.1 Å². The van der Waals surface area contributed by atoms with Gasteiger partial charge in [0.15, 0.2) is 0 Å². The highest BCUT2D eigenvalue weighted by Gasteiger charge is 2.38. The molecule has 0 N–H and O–H groups in total. The first-order chi connectivity index (χ1) is 16.1. The van der Waals surface area contributed by atoms with Crippen molar-refractivity contribution in [3.8, 4) is 11.1 Å². The number of hydrogen-bond donors (Lipinski definition) is 0. The molecular weight excluding hydrogens is 414 g/mol. The SMILES string of the molecule is C=CCN1CCN(C(=O)[C@H](C)Cn2cccn2)[C@H](Cc2ccc(-c3ccncc3)cc2)C1=O. The fourth-order valence-corrected chi connectivity index (χ4v) is 4.29. The Kier molecular flexibility index (Phi) is 6.98. The van der Waals surface area contributed by atoms with Crippen LogP contribution in [0.3, 0.4) is 0 Å². The van der Waals surface area contributed by atoms with Gasteiger partial charge >= 0.3 is 0 Å². The highest BCUT2D eigenvalue weighted by molar-refractivity contribution is 5.90. The molecule has 1 aliphatic heterocycles. The van der Waals surface area contributed by atoms with Crippen LogP contribution in [0.15, 0.2) is 79.9 Å². The van der Waals surface area contributed by atoms with Crippen LogP contribution in [0.1, 0.15) is 12.5 Å². The molecule has 2 aromatic heterocycles. The van der Waals surface area contributed by atoms with Crippen molar-refractivity contribution in [2.45, 2.75) is 25.9 Å². The Labute approximate surface area is 194 Å². The van der Waals surface area contributed by atoms with Crippen molar-refractivity contribution in [2.24, 2.45) is 5.92 Å². The summed E-state index contributed by atoms with van der Waals surface area (Å²) in [5.41, 5.74) is 3.20. The topological polar surface area (TPSA) is 71.3 Å². The fourth-order valence-electron chi connectivity index (χ4n) is 4.29. The van der Waals surface area contributed by atoms with Crippen molar-refractivity contribution < 1.29 is 9.59 Å². The zero-order chi connectivity index (χ0) is 23.2. The third-order valence-corrected chi connectivity index (χ3v) is 6.05. The van der Waals surface area contributed by atoms with Gasteiger partial charge in [0.25, 0.3) is 0 Å². The lowest BCUT2D eigenvalue weighted by Crippen LogP contribution is -2.60. The Morgan fingerprint density at radius 2 is 1.85 bits per heavy atom. The average molecular weight is 444 g/mol. The molecule has 2 amide bonds. The lowest BCUT2D eigenvalue weighted by Gasteiger charge is -2.41. The van der Waals surface area contributed by atoms with E-state index in [4.69, 9.17) is 0 Å². The molecule has 0 saturated carbocycles. The predicted octanol–water partition coefficient (Wildman–Crippen LogP) is 3.05. The quantitative estimate of drug-likeness (QED) is 0.502. The van der Waals surface area contributed by atoms with E-state index in [2.05, 4.69) is 16.7 Å². The molecule has 0 spiro atoms. The zero-order valence-electron chi connectivity index (χ0n) is 18.9. The number of nitrogens with zero attached hydrogens (tertiary/aromatic N) is 5. The van der Waals surface area contributed by atoms with Gasteiger partial charge in [-0.1, -0.05) is 37.3 Å². The van der Waals surface area contributed by atoms with Gasteiger partial charge in [-0.15, -0.1) is 6.58 Å². The summed E-state index contributed by atoms with van der Waals surface area (Å²) >= 11 is 0. The number of pyridine rings is 1. The molecule has 4 rings (SSSR count).